The van der Waals surface area contributed by atoms with Crippen LogP contribution in [0.3, 0.4) is 0 Å². The lowest BCUT2D eigenvalue weighted by molar-refractivity contribution is 0.0947. The van der Waals surface area contributed by atoms with E-state index in [1.54, 1.807) is 24.3 Å². The van der Waals surface area contributed by atoms with Gasteiger partial charge < -0.3 is 10.1 Å². The Kier molecular flexibility index (Phi) is 8.34. The Bertz CT molecular complexity index is 1220. The zero-order valence-corrected chi connectivity index (χ0v) is 21.0. The Morgan fingerprint density at radius 3 is 2.21 bits per heavy atom. The maximum atomic E-state index is 12.5. The maximum Gasteiger partial charge on any atom is 0.251 e. The van der Waals surface area contributed by atoms with E-state index in [4.69, 9.17) is 4.74 Å². The van der Waals surface area contributed by atoms with Crippen molar-refractivity contribution >= 4 is 21.6 Å². The molecule has 3 aromatic rings. The number of hydrogen-bond acceptors (Lipinski definition) is 4. The highest BCUT2D eigenvalue weighted by Crippen LogP contribution is 2.26. The van der Waals surface area contributed by atoms with E-state index >= 15 is 0 Å². The molecular weight excluding hydrogens is 448 g/mol. The lowest BCUT2D eigenvalue weighted by Gasteiger charge is -2.25. The molecule has 0 saturated heterocycles. The standard InChI is InChI=1S/C27H32N2O4S/c1-5-22-11-15-25(16-12-22)33-18-17-28-27(30)24-13-9-23(10-14-24)19-29(34(4,31)32)26-8-6-7-20(2)21(26)3/h6-16H,5,17-19H2,1-4H3,(H,28,30). The van der Waals surface area contributed by atoms with Crippen molar-refractivity contribution in [2.45, 2.75) is 33.7 Å². The number of carbonyl (C=O) groups is 1. The summed E-state index contributed by atoms with van der Waals surface area (Å²) < 4.78 is 32.1. The number of nitrogens with zero attached hydrogens (tertiary/aromatic N) is 1. The van der Waals surface area contributed by atoms with Gasteiger partial charge in [-0.2, -0.15) is 0 Å². The average Bonchev–Trinajstić information content (AvgIpc) is 2.82. The van der Waals surface area contributed by atoms with Gasteiger partial charge >= 0.3 is 0 Å². The van der Waals surface area contributed by atoms with E-state index in [1.807, 2.05) is 56.3 Å². The number of nitrogens with one attached hydrogen (secondary N) is 1. The second kappa shape index (κ2) is 11.2. The molecule has 3 rings (SSSR count). The van der Waals surface area contributed by atoms with Gasteiger partial charge in [0, 0.05) is 5.56 Å². The summed E-state index contributed by atoms with van der Waals surface area (Å²) in [4.78, 5) is 12.5. The Hall–Kier alpha value is -3.32. The number of ether oxygens (including phenoxy) is 1. The zero-order chi connectivity index (χ0) is 24.7. The summed E-state index contributed by atoms with van der Waals surface area (Å²) in [6, 6.07) is 20.5. The molecule has 0 aliphatic heterocycles. The van der Waals surface area contributed by atoms with Gasteiger partial charge in [0.25, 0.3) is 5.91 Å². The van der Waals surface area contributed by atoms with E-state index in [0.29, 0.717) is 24.4 Å². The van der Waals surface area contributed by atoms with Crippen LogP contribution in [0.5, 0.6) is 5.75 Å². The Morgan fingerprint density at radius 1 is 0.941 bits per heavy atom. The van der Waals surface area contributed by atoms with Gasteiger partial charge in [0.15, 0.2) is 0 Å². The first-order chi connectivity index (χ1) is 16.2. The van der Waals surface area contributed by atoms with Gasteiger partial charge in [-0.05, 0) is 72.9 Å². The number of anilines is 1. The van der Waals surface area contributed by atoms with Crippen molar-refractivity contribution in [3.05, 3.63) is 94.5 Å². The number of hydrogen-bond donors (Lipinski definition) is 1. The highest BCUT2D eigenvalue weighted by Gasteiger charge is 2.20. The minimum absolute atomic E-state index is 0.190. The van der Waals surface area contributed by atoms with Gasteiger partial charge in [0.05, 0.1) is 25.0 Å². The van der Waals surface area contributed by atoms with Gasteiger partial charge in [-0.3, -0.25) is 9.10 Å². The molecule has 0 aliphatic carbocycles. The first kappa shape index (κ1) is 25.3. The molecule has 0 saturated carbocycles. The van der Waals surface area contributed by atoms with Gasteiger partial charge in [0.2, 0.25) is 10.0 Å². The van der Waals surface area contributed by atoms with Crippen LogP contribution in [0, 0.1) is 13.8 Å². The molecule has 1 amide bonds. The lowest BCUT2D eigenvalue weighted by atomic mass is 10.1. The molecule has 0 heterocycles. The molecule has 0 atom stereocenters. The summed E-state index contributed by atoms with van der Waals surface area (Å²) in [5.74, 6) is 0.570. The van der Waals surface area contributed by atoms with E-state index in [9.17, 15) is 13.2 Å². The smallest absolute Gasteiger partial charge is 0.251 e. The summed E-state index contributed by atoms with van der Waals surface area (Å²) >= 11 is 0. The second-order valence-corrected chi connectivity index (χ2v) is 10.2. The highest BCUT2D eigenvalue weighted by molar-refractivity contribution is 7.92. The molecule has 0 fully saturated rings. The molecule has 0 aliphatic rings. The fraction of sp³-hybridized carbons (Fsp3) is 0.296. The van der Waals surface area contributed by atoms with Crippen LogP contribution >= 0.6 is 0 Å². The first-order valence-corrected chi connectivity index (χ1v) is 13.2. The first-order valence-electron chi connectivity index (χ1n) is 11.3. The van der Waals surface area contributed by atoms with Crippen LogP contribution in [0.2, 0.25) is 0 Å². The monoisotopic (exact) mass is 480 g/mol. The number of carbonyl (C=O) groups excluding carboxylic acids is 1. The normalized spacial score (nSPS) is 11.2. The van der Waals surface area contributed by atoms with E-state index in [0.717, 1.165) is 28.9 Å². The summed E-state index contributed by atoms with van der Waals surface area (Å²) in [5, 5.41) is 2.85. The van der Waals surface area contributed by atoms with Crippen molar-refractivity contribution in [2.75, 3.05) is 23.7 Å². The SMILES string of the molecule is CCc1ccc(OCCNC(=O)c2ccc(CN(c3cccc(C)c3C)S(C)(=O)=O)cc2)cc1. The fourth-order valence-electron chi connectivity index (χ4n) is 3.57. The van der Waals surface area contributed by atoms with Crippen LogP contribution in [-0.4, -0.2) is 33.7 Å². The van der Waals surface area contributed by atoms with Crippen molar-refractivity contribution in [1.82, 2.24) is 5.32 Å². The molecule has 0 aromatic heterocycles. The highest BCUT2D eigenvalue weighted by atomic mass is 32.2. The predicted octanol–water partition coefficient (Wildman–Crippen LogP) is 4.64. The number of amides is 1. The van der Waals surface area contributed by atoms with E-state index in [2.05, 4.69) is 12.2 Å². The summed E-state index contributed by atoms with van der Waals surface area (Å²) in [6.07, 6.45) is 2.18. The fourth-order valence-corrected chi connectivity index (χ4v) is 4.51. The van der Waals surface area contributed by atoms with Gasteiger partial charge in [-0.1, -0.05) is 43.3 Å². The molecular formula is C27H32N2O4S. The number of benzene rings is 3. The largest absolute Gasteiger partial charge is 0.492 e. The predicted molar refractivity (Wildman–Crippen MR) is 137 cm³/mol. The zero-order valence-electron chi connectivity index (χ0n) is 20.2. The van der Waals surface area contributed by atoms with Crippen molar-refractivity contribution < 1.29 is 17.9 Å². The van der Waals surface area contributed by atoms with Crippen LogP contribution < -0.4 is 14.4 Å². The molecule has 180 valence electrons. The van der Waals surface area contributed by atoms with Crippen LogP contribution in [0.25, 0.3) is 0 Å². The minimum Gasteiger partial charge on any atom is -0.492 e. The minimum atomic E-state index is -3.48. The number of sulfonamides is 1. The molecule has 0 radical (unpaired) electrons. The lowest BCUT2D eigenvalue weighted by Crippen LogP contribution is -2.30. The van der Waals surface area contributed by atoms with Crippen molar-refractivity contribution in [3.63, 3.8) is 0 Å². The van der Waals surface area contributed by atoms with Crippen LogP contribution in [0.15, 0.2) is 66.7 Å². The third-order valence-electron chi connectivity index (χ3n) is 5.78. The quantitative estimate of drug-likeness (QED) is 0.429. The summed E-state index contributed by atoms with van der Waals surface area (Å²) in [7, 11) is -3.48. The number of aryl methyl sites for hydroxylation is 2. The van der Waals surface area contributed by atoms with Gasteiger partial charge in [-0.15, -0.1) is 0 Å². The summed E-state index contributed by atoms with van der Waals surface area (Å²) in [5.41, 5.74) is 5.16. The van der Waals surface area contributed by atoms with Crippen LogP contribution in [-0.2, 0) is 23.0 Å². The van der Waals surface area contributed by atoms with Crippen molar-refractivity contribution in [1.29, 1.82) is 0 Å². The van der Waals surface area contributed by atoms with Crippen molar-refractivity contribution in [2.24, 2.45) is 0 Å². The van der Waals surface area contributed by atoms with Gasteiger partial charge in [0.1, 0.15) is 12.4 Å². The van der Waals surface area contributed by atoms with E-state index in [-0.39, 0.29) is 12.5 Å². The maximum absolute atomic E-state index is 12.5. The Labute approximate surface area is 202 Å². The molecule has 3 aromatic carbocycles. The molecule has 0 spiro atoms. The molecule has 6 nitrogen and oxygen atoms in total. The van der Waals surface area contributed by atoms with E-state index in [1.165, 1.54) is 16.1 Å². The van der Waals surface area contributed by atoms with Crippen LogP contribution in [0.1, 0.15) is 39.5 Å². The molecule has 0 bridgehead atoms. The third-order valence-corrected chi connectivity index (χ3v) is 6.90. The molecule has 1 N–H and O–H groups in total. The third kappa shape index (κ3) is 6.60. The average molecular weight is 481 g/mol. The van der Waals surface area contributed by atoms with Gasteiger partial charge in [-0.25, -0.2) is 8.42 Å². The molecule has 34 heavy (non-hydrogen) atoms. The van der Waals surface area contributed by atoms with E-state index < -0.39 is 10.0 Å². The van der Waals surface area contributed by atoms with Crippen molar-refractivity contribution in [3.8, 4) is 5.75 Å². The Morgan fingerprint density at radius 2 is 1.59 bits per heavy atom. The molecule has 7 heteroatoms. The summed E-state index contributed by atoms with van der Waals surface area (Å²) in [6.45, 7) is 6.92. The molecule has 0 unspecified atom stereocenters. The Balaban J connectivity index is 1.58. The van der Waals surface area contributed by atoms with Crippen LogP contribution in [0.4, 0.5) is 5.69 Å². The second-order valence-electron chi connectivity index (χ2n) is 8.29. The number of rotatable bonds is 10. The topological polar surface area (TPSA) is 75.7 Å².